The van der Waals surface area contributed by atoms with E-state index in [9.17, 15) is 26.3 Å². The lowest BCUT2D eigenvalue weighted by Crippen LogP contribution is -2.49. The summed E-state index contributed by atoms with van der Waals surface area (Å²) in [7, 11) is 0. The number of para-hydroxylation sites is 4. The number of benzene rings is 4. The zero-order valence-corrected chi connectivity index (χ0v) is 18.4. The zero-order valence-electron chi connectivity index (χ0n) is 18.4. The Morgan fingerprint density at radius 1 is 0.361 bits per heavy atom. The number of nitrogens with zero attached hydrogens (tertiary/aromatic N) is 2. The van der Waals surface area contributed by atoms with Gasteiger partial charge in [0.15, 0.2) is 0 Å². The summed E-state index contributed by atoms with van der Waals surface area (Å²) in [4.78, 5) is 0. The largest absolute Gasteiger partial charge is 0.639 e. The van der Waals surface area contributed by atoms with E-state index in [2.05, 4.69) is 0 Å². The second-order valence-corrected chi connectivity index (χ2v) is 8.43. The number of aromatic nitrogens is 2. The highest BCUT2D eigenvalue weighted by molar-refractivity contribution is 6.18. The molecule has 0 unspecified atom stereocenters. The average molecular weight is 494 g/mol. The summed E-state index contributed by atoms with van der Waals surface area (Å²) in [6.45, 7) is 0. The topological polar surface area (TPSA) is 7.76 Å². The first kappa shape index (κ1) is 22.3. The Morgan fingerprint density at radius 3 is 0.806 bits per heavy atom. The van der Waals surface area contributed by atoms with E-state index in [0.717, 1.165) is 0 Å². The van der Waals surface area contributed by atoms with Crippen LogP contribution in [-0.4, -0.2) is 0 Å². The first-order valence-corrected chi connectivity index (χ1v) is 11.0. The van der Waals surface area contributed by atoms with Crippen LogP contribution in [0.25, 0.3) is 54.7 Å². The van der Waals surface area contributed by atoms with E-state index in [4.69, 9.17) is 0 Å². The molecule has 6 aromatic rings. The fourth-order valence-corrected chi connectivity index (χ4v) is 5.15. The maximum Gasteiger partial charge on any atom is 0.639 e. The van der Waals surface area contributed by atoms with Gasteiger partial charge in [-0.1, -0.05) is 57.7 Å². The summed E-state index contributed by atoms with van der Waals surface area (Å²) in [6, 6.07) is 24.4. The predicted octanol–water partition coefficient (Wildman–Crippen LogP) is 7.49. The number of hydrogen-bond acceptors (Lipinski definition) is 0. The smallest absolute Gasteiger partial charge is 0.106 e. The van der Waals surface area contributed by atoms with Gasteiger partial charge in [0.1, 0.15) is 0 Å². The molecule has 0 fully saturated rings. The van der Waals surface area contributed by atoms with Gasteiger partial charge in [-0.3, -0.25) is 0 Å². The monoisotopic (exact) mass is 494 g/mol. The summed E-state index contributed by atoms with van der Waals surface area (Å²) in [5.41, 5.74) is 0.560. The molecule has 0 aliphatic heterocycles. The third-order valence-corrected chi connectivity index (χ3v) is 6.41. The van der Waals surface area contributed by atoms with Gasteiger partial charge in [-0.2, -0.15) is 0 Å². The Morgan fingerprint density at radius 2 is 0.583 bits per heavy atom. The molecule has 8 heteroatoms. The molecular weight excluding hydrogens is 478 g/mol. The van der Waals surface area contributed by atoms with Crippen LogP contribution in [0, 0.1) is 0 Å². The number of alkyl halides is 6. The Balaban J connectivity index is 1.95. The van der Waals surface area contributed by atoms with Crippen molar-refractivity contribution < 1.29 is 35.5 Å². The quantitative estimate of drug-likeness (QED) is 0.127. The fourth-order valence-electron chi connectivity index (χ4n) is 5.15. The van der Waals surface area contributed by atoms with Crippen LogP contribution in [0.5, 0.6) is 0 Å². The van der Waals surface area contributed by atoms with Crippen LogP contribution in [-0.2, 0) is 12.6 Å². The highest BCUT2D eigenvalue weighted by Gasteiger charge is 2.47. The van der Waals surface area contributed by atoms with E-state index in [1.807, 2.05) is 0 Å². The normalized spacial score (nSPS) is 12.7. The van der Waals surface area contributed by atoms with Gasteiger partial charge in [-0.25, -0.2) is 0 Å². The average Bonchev–Trinajstić information content (AvgIpc) is 2.84. The van der Waals surface area contributed by atoms with Crippen LogP contribution in [0.15, 0.2) is 97.1 Å². The second-order valence-electron chi connectivity index (χ2n) is 8.43. The SMILES string of the molecule is FC(F)(F)[n+]1c2ccccc2c(-c2c3ccccc3[n+](C(F)(F)F)c3ccccc23)c2ccccc21. The molecule has 0 bridgehead atoms. The van der Waals surface area contributed by atoms with Gasteiger partial charge in [-0.15, -0.1) is 26.3 Å². The molecule has 36 heavy (non-hydrogen) atoms. The van der Waals surface area contributed by atoms with Gasteiger partial charge >= 0.3 is 12.6 Å². The minimum absolute atomic E-state index is 0.0839. The van der Waals surface area contributed by atoms with Crippen molar-refractivity contribution in [2.45, 2.75) is 12.6 Å². The molecule has 0 amide bonds. The van der Waals surface area contributed by atoms with Crippen molar-refractivity contribution >= 4 is 43.6 Å². The van der Waals surface area contributed by atoms with E-state index in [1.165, 1.54) is 48.5 Å². The summed E-state index contributed by atoms with van der Waals surface area (Å²) in [5, 5.41) is 1.14. The van der Waals surface area contributed by atoms with Gasteiger partial charge in [0.2, 0.25) is 22.1 Å². The van der Waals surface area contributed by atoms with Crippen LogP contribution < -0.4 is 9.13 Å². The van der Waals surface area contributed by atoms with E-state index >= 15 is 0 Å². The lowest BCUT2D eigenvalue weighted by atomic mass is 9.90. The molecule has 0 N–H and O–H groups in total. The molecule has 2 heterocycles. The predicted molar refractivity (Wildman–Crippen MR) is 125 cm³/mol. The molecule has 4 aromatic carbocycles. The molecular formula is C28H16F6N2+2. The first-order chi connectivity index (χ1) is 17.2. The number of rotatable bonds is 1. The highest BCUT2D eigenvalue weighted by Crippen LogP contribution is 2.42. The van der Waals surface area contributed by atoms with E-state index in [-0.39, 0.29) is 43.6 Å². The molecule has 6 rings (SSSR count). The van der Waals surface area contributed by atoms with Crippen molar-refractivity contribution in [3.63, 3.8) is 0 Å². The summed E-state index contributed by atoms with van der Waals surface area (Å²) >= 11 is 0. The zero-order chi connectivity index (χ0) is 25.2. The van der Waals surface area contributed by atoms with E-state index < -0.39 is 12.6 Å². The molecule has 2 nitrogen and oxygen atoms in total. The summed E-state index contributed by atoms with van der Waals surface area (Å²) < 4.78 is 86.5. The number of hydrogen-bond donors (Lipinski definition) is 0. The van der Waals surface area contributed by atoms with Gasteiger partial charge in [0, 0.05) is 35.4 Å². The molecule has 0 aliphatic carbocycles. The second kappa shape index (κ2) is 7.65. The first-order valence-electron chi connectivity index (χ1n) is 11.0. The van der Waals surface area contributed by atoms with Crippen LogP contribution in [0.2, 0.25) is 0 Å². The third-order valence-electron chi connectivity index (χ3n) is 6.41. The molecule has 178 valence electrons. The minimum atomic E-state index is -4.71. The minimum Gasteiger partial charge on any atom is -0.106 e. The third kappa shape index (κ3) is 3.21. The Kier molecular flexibility index (Phi) is 4.73. The van der Waals surface area contributed by atoms with Crippen molar-refractivity contribution in [1.29, 1.82) is 0 Å². The Labute approximate surface area is 200 Å². The van der Waals surface area contributed by atoms with Crippen molar-refractivity contribution in [2.24, 2.45) is 0 Å². The van der Waals surface area contributed by atoms with Gasteiger partial charge in [0.05, 0.1) is 21.5 Å². The number of fused-ring (bicyclic) bond motifs is 4. The van der Waals surface area contributed by atoms with Crippen LogP contribution >= 0.6 is 0 Å². The van der Waals surface area contributed by atoms with Crippen LogP contribution in [0.1, 0.15) is 0 Å². The van der Waals surface area contributed by atoms with Crippen molar-refractivity contribution in [3.05, 3.63) is 97.1 Å². The summed E-state index contributed by atoms with van der Waals surface area (Å²) in [5.74, 6) is 0. The molecule has 0 atom stereocenters. The molecule has 0 saturated carbocycles. The lowest BCUT2D eigenvalue weighted by Gasteiger charge is -2.17. The van der Waals surface area contributed by atoms with Crippen molar-refractivity contribution in [3.8, 4) is 11.1 Å². The molecule has 0 spiro atoms. The molecule has 0 aliphatic rings. The number of halogens is 6. The number of pyridine rings is 2. The van der Waals surface area contributed by atoms with Crippen LogP contribution in [0.3, 0.4) is 0 Å². The van der Waals surface area contributed by atoms with Crippen molar-refractivity contribution in [2.75, 3.05) is 0 Å². The lowest BCUT2D eigenvalue weighted by molar-refractivity contribution is -0.818. The standard InChI is InChI=1S/C28H16F6N2/c29-27(30,31)35-21-13-5-1-9-17(21)25(18-10-2-6-14-22(18)35)26-19-11-3-7-15-23(19)36(28(32,33)34)24-16-8-4-12-20(24)26/h1-16H/q+2. The maximum absolute atomic E-state index is 14.3. The Hall–Kier alpha value is -4.20. The van der Waals surface area contributed by atoms with Gasteiger partial charge in [-0.05, 0) is 24.3 Å². The van der Waals surface area contributed by atoms with E-state index in [1.54, 1.807) is 48.5 Å². The molecule has 2 aromatic heterocycles. The summed E-state index contributed by atoms with van der Waals surface area (Å²) in [6.07, 6.45) is -9.42. The molecule has 0 radical (unpaired) electrons. The van der Waals surface area contributed by atoms with Crippen molar-refractivity contribution in [1.82, 2.24) is 0 Å². The molecule has 0 saturated heterocycles. The highest BCUT2D eigenvalue weighted by atomic mass is 19.4. The maximum atomic E-state index is 14.3. The van der Waals surface area contributed by atoms with Gasteiger partial charge in [0.25, 0.3) is 0 Å². The Bertz CT molecular complexity index is 1570. The van der Waals surface area contributed by atoms with Crippen LogP contribution in [0.4, 0.5) is 26.3 Å². The van der Waals surface area contributed by atoms with Gasteiger partial charge < -0.3 is 0 Å². The fraction of sp³-hybridized carbons (Fsp3) is 0.0714. The van der Waals surface area contributed by atoms with E-state index in [0.29, 0.717) is 20.3 Å².